The molecule has 1 aliphatic carbocycles. The molecule has 0 aromatic carbocycles. The summed E-state index contributed by atoms with van der Waals surface area (Å²) in [5, 5.41) is 9.21. The van der Waals surface area contributed by atoms with Gasteiger partial charge in [-0.05, 0) is 32.1 Å². The standard InChI is InChI=1S/C13H18N2O/c1-10-4-3-5-15(8-10)12(16)13(9-14)6-11(2)7-13/h4,11H,3,5-8H2,1-2H3. The predicted molar refractivity (Wildman–Crippen MR) is 61.4 cm³/mol. The van der Waals surface area contributed by atoms with E-state index in [-0.39, 0.29) is 5.91 Å². The van der Waals surface area contributed by atoms with Crippen LogP contribution in [0.4, 0.5) is 0 Å². The van der Waals surface area contributed by atoms with Crippen LogP contribution in [-0.4, -0.2) is 23.9 Å². The van der Waals surface area contributed by atoms with Crippen molar-refractivity contribution in [3.63, 3.8) is 0 Å². The maximum absolute atomic E-state index is 12.3. The second kappa shape index (κ2) is 3.93. The van der Waals surface area contributed by atoms with Gasteiger partial charge in [-0.2, -0.15) is 5.26 Å². The van der Waals surface area contributed by atoms with Gasteiger partial charge in [0.05, 0.1) is 6.07 Å². The number of amides is 1. The van der Waals surface area contributed by atoms with Crippen LogP contribution in [-0.2, 0) is 4.79 Å². The molecular formula is C13H18N2O. The van der Waals surface area contributed by atoms with Crippen LogP contribution in [0.15, 0.2) is 11.6 Å². The normalized spacial score (nSPS) is 33.7. The van der Waals surface area contributed by atoms with Crippen molar-refractivity contribution in [2.45, 2.75) is 33.1 Å². The van der Waals surface area contributed by atoms with Gasteiger partial charge in [-0.15, -0.1) is 0 Å². The van der Waals surface area contributed by atoms with E-state index in [4.69, 9.17) is 0 Å². The molecule has 86 valence electrons. The molecule has 0 unspecified atom stereocenters. The lowest BCUT2D eigenvalue weighted by atomic mass is 9.62. The average molecular weight is 218 g/mol. The van der Waals surface area contributed by atoms with Crippen LogP contribution in [0, 0.1) is 22.7 Å². The molecule has 0 aromatic heterocycles. The zero-order valence-electron chi connectivity index (χ0n) is 9.99. The second-order valence-electron chi connectivity index (χ2n) is 5.27. The minimum atomic E-state index is -0.697. The van der Waals surface area contributed by atoms with Gasteiger partial charge in [-0.1, -0.05) is 18.6 Å². The van der Waals surface area contributed by atoms with Crippen LogP contribution in [0.3, 0.4) is 0 Å². The summed E-state index contributed by atoms with van der Waals surface area (Å²) in [5.41, 5.74) is 0.539. The molecule has 16 heavy (non-hydrogen) atoms. The Morgan fingerprint density at radius 1 is 1.62 bits per heavy atom. The minimum absolute atomic E-state index is 0.0561. The van der Waals surface area contributed by atoms with E-state index >= 15 is 0 Å². The fourth-order valence-corrected chi connectivity index (χ4v) is 2.83. The van der Waals surface area contributed by atoms with Gasteiger partial charge >= 0.3 is 0 Å². The molecule has 2 rings (SSSR count). The molecule has 0 N–H and O–H groups in total. The highest BCUT2D eigenvalue weighted by Gasteiger charge is 2.50. The monoisotopic (exact) mass is 218 g/mol. The third-order valence-corrected chi connectivity index (χ3v) is 3.64. The molecule has 0 atom stereocenters. The summed E-state index contributed by atoms with van der Waals surface area (Å²) < 4.78 is 0. The Labute approximate surface area is 96.7 Å². The van der Waals surface area contributed by atoms with Crippen molar-refractivity contribution in [2.24, 2.45) is 11.3 Å². The Kier molecular flexibility index (Phi) is 2.75. The Bertz CT molecular complexity index is 372. The second-order valence-corrected chi connectivity index (χ2v) is 5.27. The summed E-state index contributed by atoms with van der Waals surface area (Å²) in [4.78, 5) is 14.2. The Morgan fingerprint density at radius 3 is 2.81 bits per heavy atom. The molecule has 1 aliphatic heterocycles. The highest BCUT2D eigenvalue weighted by atomic mass is 16.2. The lowest BCUT2D eigenvalue weighted by Gasteiger charge is -2.43. The van der Waals surface area contributed by atoms with Gasteiger partial charge in [0.25, 0.3) is 0 Å². The van der Waals surface area contributed by atoms with E-state index in [9.17, 15) is 10.1 Å². The van der Waals surface area contributed by atoms with Crippen molar-refractivity contribution in [2.75, 3.05) is 13.1 Å². The molecule has 3 heteroatoms. The first-order valence-corrected chi connectivity index (χ1v) is 5.94. The molecule has 1 amide bonds. The summed E-state index contributed by atoms with van der Waals surface area (Å²) >= 11 is 0. The van der Waals surface area contributed by atoms with Crippen LogP contribution < -0.4 is 0 Å². The molecule has 0 spiro atoms. The van der Waals surface area contributed by atoms with Gasteiger partial charge in [-0.3, -0.25) is 4.79 Å². The molecule has 0 aromatic rings. The van der Waals surface area contributed by atoms with Crippen molar-refractivity contribution in [1.82, 2.24) is 4.90 Å². The third kappa shape index (κ3) is 1.73. The lowest BCUT2D eigenvalue weighted by Crippen LogP contribution is -2.51. The Balaban J connectivity index is 2.08. The minimum Gasteiger partial charge on any atom is -0.337 e. The van der Waals surface area contributed by atoms with E-state index in [2.05, 4.69) is 19.1 Å². The van der Waals surface area contributed by atoms with Crippen LogP contribution in [0.2, 0.25) is 0 Å². The van der Waals surface area contributed by atoms with E-state index in [0.717, 1.165) is 25.8 Å². The summed E-state index contributed by atoms with van der Waals surface area (Å²) in [6.07, 6.45) is 4.57. The van der Waals surface area contributed by atoms with Gasteiger partial charge in [0, 0.05) is 13.1 Å². The lowest BCUT2D eigenvalue weighted by molar-refractivity contribution is -0.145. The van der Waals surface area contributed by atoms with E-state index in [0.29, 0.717) is 12.5 Å². The summed E-state index contributed by atoms with van der Waals surface area (Å²) in [6.45, 7) is 5.62. The van der Waals surface area contributed by atoms with Crippen molar-refractivity contribution in [1.29, 1.82) is 5.26 Å². The van der Waals surface area contributed by atoms with Crippen LogP contribution >= 0.6 is 0 Å². The number of nitriles is 1. The maximum atomic E-state index is 12.3. The van der Waals surface area contributed by atoms with Crippen molar-refractivity contribution in [3.05, 3.63) is 11.6 Å². The molecule has 1 fully saturated rings. The smallest absolute Gasteiger partial charge is 0.243 e. The van der Waals surface area contributed by atoms with E-state index in [1.807, 2.05) is 11.8 Å². The van der Waals surface area contributed by atoms with Crippen LogP contribution in [0.5, 0.6) is 0 Å². The fraction of sp³-hybridized carbons (Fsp3) is 0.692. The molecule has 0 bridgehead atoms. The largest absolute Gasteiger partial charge is 0.337 e. The molecule has 2 aliphatic rings. The first-order valence-electron chi connectivity index (χ1n) is 5.94. The van der Waals surface area contributed by atoms with Crippen molar-refractivity contribution >= 4 is 5.91 Å². The number of carbonyl (C=O) groups excluding carboxylic acids is 1. The number of carbonyl (C=O) groups is 1. The highest BCUT2D eigenvalue weighted by molar-refractivity contribution is 5.87. The third-order valence-electron chi connectivity index (χ3n) is 3.64. The summed E-state index contributed by atoms with van der Waals surface area (Å²) in [5.74, 6) is 0.575. The van der Waals surface area contributed by atoms with Gasteiger partial charge in [0.15, 0.2) is 0 Å². The van der Waals surface area contributed by atoms with Crippen molar-refractivity contribution in [3.8, 4) is 6.07 Å². The topological polar surface area (TPSA) is 44.1 Å². The van der Waals surface area contributed by atoms with E-state index in [1.54, 1.807) is 0 Å². The Hall–Kier alpha value is -1.30. The molecule has 1 saturated carbocycles. The van der Waals surface area contributed by atoms with Crippen LogP contribution in [0.1, 0.15) is 33.1 Å². The first kappa shape index (κ1) is 11.2. The number of rotatable bonds is 1. The zero-order chi connectivity index (χ0) is 11.8. The number of hydrogen-bond acceptors (Lipinski definition) is 2. The van der Waals surface area contributed by atoms with Gasteiger partial charge < -0.3 is 4.90 Å². The summed E-state index contributed by atoms with van der Waals surface area (Å²) in [6, 6.07) is 2.25. The zero-order valence-corrected chi connectivity index (χ0v) is 9.99. The molecule has 0 saturated heterocycles. The van der Waals surface area contributed by atoms with E-state index in [1.165, 1.54) is 5.57 Å². The van der Waals surface area contributed by atoms with Gasteiger partial charge in [0.2, 0.25) is 5.91 Å². The number of nitrogens with zero attached hydrogens (tertiary/aromatic N) is 2. The molecule has 3 nitrogen and oxygen atoms in total. The fourth-order valence-electron chi connectivity index (χ4n) is 2.83. The molecular weight excluding hydrogens is 200 g/mol. The first-order chi connectivity index (χ1) is 7.57. The average Bonchev–Trinajstić information content (AvgIpc) is 2.23. The van der Waals surface area contributed by atoms with Gasteiger partial charge in [0.1, 0.15) is 5.41 Å². The number of hydrogen-bond donors (Lipinski definition) is 0. The van der Waals surface area contributed by atoms with E-state index < -0.39 is 5.41 Å². The quantitative estimate of drug-likeness (QED) is 0.633. The molecule has 1 heterocycles. The van der Waals surface area contributed by atoms with Crippen LogP contribution in [0.25, 0.3) is 0 Å². The predicted octanol–water partition coefficient (Wildman–Crippen LogP) is 2.10. The maximum Gasteiger partial charge on any atom is 0.243 e. The van der Waals surface area contributed by atoms with Crippen molar-refractivity contribution < 1.29 is 4.79 Å². The highest BCUT2D eigenvalue weighted by Crippen LogP contribution is 2.46. The summed E-state index contributed by atoms with van der Waals surface area (Å²) in [7, 11) is 0. The van der Waals surface area contributed by atoms with Gasteiger partial charge in [-0.25, -0.2) is 0 Å². The molecule has 0 radical (unpaired) electrons. The SMILES string of the molecule is CC1=CCCN(C(=O)C2(C#N)CC(C)C2)C1. The Morgan fingerprint density at radius 2 is 2.31 bits per heavy atom.